The van der Waals surface area contributed by atoms with Crippen LogP contribution in [0.4, 0.5) is 0 Å². The van der Waals surface area contributed by atoms with E-state index in [0.717, 1.165) is 4.90 Å². The molecule has 18 amide bonds. The number of nitrogens with two attached hydrogens (primary N) is 6. The monoisotopic (exact) mass is 1680 g/mol. The van der Waals surface area contributed by atoms with Crippen LogP contribution in [0, 0.1) is 5.92 Å². The number of aliphatic carboxylic acids is 2. The molecule has 1 saturated heterocycles. The number of rotatable bonds is 53. The molecule has 1 aliphatic rings. The lowest BCUT2D eigenvalue weighted by Crippen LogP contribution is -2.60. The largest absolute Gasteiger partial charge is 0.481 e. The van der Waals surface area contributed by atoms with Crippen molar-refractivity contribution in [3.05, 3.63) is 0 Å². The molecule has 0 aliphatic carbocycles. The molecule has 640 valence electrons. The third-order valence-electron chi connectivity index (χ3n) is 16.1. The molecule has 0 aromatic rings. The predicted octanol–water partition coefficient (Wildman–Crippen LogP) is -14.0. The number of carbonyl (C=O) groups excluding carboxylic acids is 18. The summed E-state index contributed by atoms with van der Waals surface area (Å²) in [4.78, 5) is 268. The highest BCUT2D eigenvalue weighted by Gasteiger charge is 2.38. The number of likely N-dealkylation sites (tertiary alicyclic amines) is 1. The summed E-state index contributed by atoms with van der Waals surface area (Å²) in [6.07, 6.45) is -1.71. The number of nitrogens with one attached hydrogen (secondary N) is 16. The maximum absolute atomic E-state index is 13.9. The van der Waals surface area contributed by atoms with E-state index in [9.17, 15) is 106 Å². The molecule has 31 N–H and O–H groups in total. The summed E-state index contributed by atoms with van der Waals surface area (Å²) in [5.41, 5.74) is 32.4. The van der Waals surface area contributed by atoms with Crippen molar-refractivity contribution < 1.29 is 111 Å². The number of hydrogen-bond donors (Lipinski definition) is 28. The normalized spacial score (nSPS) is 15.3. The second-order valence-corrected chi connectivity index (χ2v) is 27.1. The zero-order valence-corrected chi connectivity index (χ0v) is 66.0. The Balaban J connectivity index is 3.08. The fourth-order valence-electron chi connectivity index (χ4n) is 10.1. The minimum Gasteiger partial charge on any atom is -0.481 e. The van der Waals surface area contributed by atoms with Crippen molar-refractivity contribution in [2.45, 2.75) is 177 Å². The van der Waals surface area contributed by atoms with Crippen molar-refractivity contribution >= 4 is 168 Å². The highest BCUT2D eigenvalue weighted by Crippen LogP contribution is 2.19. The topological polar surface area (TPSA) is 779 Å². The molecule has 0 radical (unpaired) electrons. The number of aliphatic hydroxyl groups is 1. The lowest BCUT2D eigenvalue weighted by atomic mass is 10.0. The van der Waals surface area contributed by atoms with Crippen LogP contribution in [0.25, 0.3) is 0 Å². The first-order valence-corrected chi connectivity index (χ1v) is 37.4. The molecule has 51 heteroatoms. The number of carboxylic acids is 2. The van der Waals surface area contributed by atoms with Crippen molar-refractivity contribution in [1.82, 2.24) is 90.0 Å². The summed E-state index contributed by atoms with van der Waals surface area (Å²) in [6, 6.07) is -18.9. The van der Waals surface area contributed by atoms with Crippen molar-refractivity contribution in [2.75, 3.05) is 76.2 Å². The number of thiol groups is 3. The Hall–Kier alpha value is -11.1. The van der Waals surface area contributed by atoms with Gasteiger partial charge in [-0.2, -0.15) is 37.9 Å². The van der Waals surface area contributed by atoms with Gasteiger partial charge in [-0.15, -0.1) is 0 Å². The van der Waals surface area contributed by atoms with Gasteiger partial charge in [0.25, 0.3) is 0 Å². The van der Waals surface area contributed by atoms with Gasteiger partial charge in [-0.25, -0.2) is 4.79 Å². The number of aliphatic imine (C=N–C) groups is 2. The molecule has 0 saturated carbocycles. The van der Waals surface area contributed by atoms with Crippen LogP contribution in [-0.4, -0.2) is 305 Å². The SMILES string of the molecule is CC(C)C[C@H](NC(=O)CNC(=O)[C@H](CO)NC(=O)[C@H](C)NC(=O)[C@H](C)NC(=O)CN)C(=O)N[C@@H](CC(N)=O)C(=O)NCC(=O)N[C@@H](CS)C(=O)N[C@@H](CS)C(=O)N[C@@H](CCCN=C(N)N)C(=O)N[C@@H](CS)C(=O)NCC(=O)N[C@@H](C)C(=O)N[C@@H](CCCN=C(N)N)C(=O)NCC(=O)N1CCC[C@H]1C(=O)N[C@@H](CCC(=O)O)C(=O)O. The Kier molecular flexibility index (Phi) is 46.9. The average molecular weight is 1680 g/mol. The summed E-state index contributed by atoms with van der Waals surface area (Å²) in [5, 5.41) is 65.4. The van der Waals surface area contributed by atoms with E-state index in [0.29, 0.717) is 6.42 Å². The second kappa shape index (κ2) is 53.0. The fourth-order valence-corrected chi connectivity index (χ4v) is 10.9. The van der Waals surface area contributed by atoms with E-state index < -0.39 is 273 Å². The number of amides is 18. The number of nitrogens with zero attached hydrogens (tertiary/aromatic N) is 3. The molecule has 0 aromatic carbocycles. The van der Waals surface area contributed by atoms with Crippen LogP contribution < -0.4 is 119 Å². The number of primary amides is 1. The number of guanidine groups is 2. The lowest BCUT2D eigenvalue weighted by molar-refractivity contribution is -0.145. The van der Waals surface area contributed by atoms with Gasteiger partial charge < -0.3 is 140 Å². The second-order valence-electron chi connectivity index (χ2n) is 26.0. The van der Waals surface area contributed by atoms with Crippen molar-refractivity contribution in [1.29, 1.82) is 0 Å². The van der Waals surface area contributed by atoms with Crippen LogP contribution in [0.15, 0.2) is 9.98 Å². The Morgan fingerprint density at radius 2 is 0.807 bits per heavy atom. The van der Waals surface area contributed by atoms with E-state index in [-0.39, 0.29) is 76.0 Å². The summed E-state index contributed by atoms with van der Waals surface area (Å²) in [5.74, 6) is -22.3. The third kappa shape index (κ3) is 39.4. The number of aliphatic hydroxyl groups excluding tert-OH is 1. The van der Waals surface area contributed by atoms with Crippen molar-refractivity contribution in [2.24, 2.45) is 50.3 Å². The molecular formula is C63H107N25O23S3. The van der Waals surface area contributed by atoms with Gasteiger partial charge in [0, 0.05) is 43.3 Å². The zero-order chi connectivity index (χ0) is 86.6. The highest BCUT2D eigenvalue weighted by atomic mass is 32.1. The molecule has 48 nitrogen and oxygen atoms in total. The minimum absolute atomic E-state index is 0.00911. The summed E-state index contributed by atoms with van der Waals surface area (Å²) in [7, 11) is 0. The molecule has 1 rings (SSSR count). The van der Waals surface area contributed by atoms with Gasteiger partial charge in [0.2, 0.25) is 106 Å². The highest BCUT2D eigenvalue weighted by molar-refractivity contribution is 7.80. The first-order chi connectivity index (χ1) is 53.5. The molecule has 0 spiro atoms. The Morgan fingerprint density at radius 3 is 1.27 bits per heavy atom. The standard InChI is InChI=1S/C63H107N25O23S3/c1-28(2)17-35(79-45(93)21-73-54(103)37(24-89)85-51(100)31(5)78-49(98)29(3)76-43(91)19-64)57(106)84-36(18-42(65)90)53(102)72-22-46(94)80-39(26-113)58(107)87-40(27-114)59(108)82-33(10-7-15-71-63(68)69)56(105)86-38(25-112)55(104)74-20-44(92)77-30(4)50(99)81-32(9-6-14-70-62(66)67)52(101)75-23-47(95)88-16-8-11-41(88)60(109)83-34(61(110)111)12-13-48(96)97/h28-41,89,112-114H,6-27,64H2,1-5H3,(H2,65,90)(H,72,102)(H,73,103)(H,74,104)(H,75,101)(H,76,91)(H,77,92)(H,78,98)(H,79,93)(H,80,94)(H,81,99)(H,82,108)(H,83,109)(H,84,106)(H,85,100)(H,86,105)(H,87,107)(H,96,97)(H,110,111)(H4,66,67,70)(H4,68,69,71)/t29-,30-,31-,32-,33-,34-,35-,36-,37-,38-,39-,40-,41-/m0/s1. The third-order valence-corrected chi connectivity index (χ3v) is 17.2. The maximum atomic E-state index is 13.9. The quantitative estimate of drug-likeness (QED) is 0.0116. The molecule has 13 atom stereocenters. The van der Waals surface area contributed by atoms with Crippen LogP contribution in [0.1, 0.15) is 98.8 Å². The molecule has 1 fully saturated rings. The Morgan fingerprint density at radius 1 is 0.430 bits per heavy atom. The summed E-state index contributed by atoms with van der Waals surface area (Å²) >= 11 is 12.5. The van der Waals surface area contributed by atoms with E-state index in [2.05, 4.69) is 133 Å². The van der Waals surface area contributed by atoms with E-state index >= 15 is 0 Å². The van der Waals surface area contributed by atoms with Crippen LogP contribution in [0.3, 0.4) is 0 Å². The number of hydrogen-bond acceptors (Lipinski definition) is 27. The molecule has 1 heterocycles. The van der Waals surface area contributed by atoms with Gasteiger partial charge in [-0.3, -0.25) is 101 Å². The van der Waals surface area contributed by atoms with Crippen LogP contribution in [0.5, 0.6) is 0 Å². The molecule has 114 heavy (non-hydrogen) atoms. The Bertz CT molecular complexity index is 3480. The maximum Gasteiger partial charge on any atom is 0.326 e. The van der Waals surface area contributed by atoms with Crippen LogP contribution in [0.2, 0.25) is 0 Å². The fraction of sp³-hybridized carbons (Fsp3) is 0.651. The van der Waals surface area contributed by atoms with E-state index in [1.807, 2.05) is 0 Å². The van der Waals surface area contributed by atoms with Gasteiger partial charge >= 0.3 is 11.9 Å². The smallest absolute Gasteiger partial charge is 0.326 e. The minimum atomic E-state index is -1.78. The first-order valence-electron chi connectivity index (χ1n) is 35.5. The molecular weight excluding hydrogens is 1570 g/mol. The number of carbonyl (C=O) groups is 20. The van der Waals surface area contributed by atoms with Crippen molar-refractivity contribution in [3.63, 3.8) is 0 Å². The molecule has 1 aliphatic heterocycles. The van der Waals surface area contributed by atoms with E-state index in [1.54, 1.807) is 13.8 Å². The van der Waals surface area contributed by atoms with Gasteiger partial charge in [-0.05, 0) is 78.1 Å². The lowest BCUT2D eigenvalue weighted by Gasteiger charge is -2.26. The van der Waals surface area contributed by atoms with E-state index in [4.69, 9.17) is 39.5 Å². The average Bonchev–Trinajstić information content (AvgIpc) is 1.68. The number of carboxylic acid groups (broad SMARTS) is 2. The Labute approximate surface area is 670 Å². The molecule has 0 bridgehead atoms. The summed E-state index contributed by atoms with van der Waals surface area (Å²) < 4.78 is 0. The van der Waals surface area contributed by atoms with Gasteiger partial charge in [0.15, 0.2) is 11.9 Å². The first kappa shape index (κ1) is 101. The van der Waals surface area contributed by atoms with Gasteiger partial charge in [0.05, 0.1) is 45.8 Å². The van der Waals surface area contributed by atoms with Crippen molar-refractivity contribution in [3.8, 4) is 0 Å². The molecule has 0 aromatic heterocycles. The zero-order valence-electron chi connectivity index (χ0n) is 63.3. The van der Waals surface area contributed by atoms with Crippen LogP contribution >= 0.6 is 37.9 Å². The predicted molar refractivity (Wildman–Crippen MR) is 412 cm³/mol. The van der Waals surface area contributed by atoms with Crippen LogP contribution in [-0.2, 0) is 95.9 Å². The molecule has 0 unspecified atom stereocenters. The van der Waals surface area contributed by atoms with Gasteiger partial charge in [0.1, 0.15) is 78.5 Å². The van der Waals surface area contributed by atoms with E-state index in [1.165, 1.54) is 20.8 Å². The summed E-state index contributed by atoms with van der Waals surface area (Å²) in [6.45, 7) is 2.43. The van der Waals surface area contributed by atoms with Gasteiger partial charge in [-0.1, -0.05) is 13.8 Å².